The molecular weight excluding hydrogens is 394 g/mol. The van der Waals surface area contributed by atoms with E-state index < -0.39 is 29.8 Å². The van der Waals surface area contributed by atoms with E-state index >= 15 is 0 Å². The third-order valence-electron chi connectivity index (χ3n) is 4.74. The summed E-state index contributed by atoms with van der Waals surface area (Å²) in [6.45, 7) is 3.81. The maximum atomic E-state index is 14.4. The molecule has 1 amide bonds. The molecule has 0 bridgehead atoms. The molecule has 0 unspecified atom stereocenters. The molecule has 0 saturated carbocycles. The second kappa shape index (κ2) is 7.14. The molecule has 0 aromatic carbocycles. The van der Waals surface area contributed by atoms with Crippen LogP contribution in [0.5, 0.6) is 0 Å². The van der Waals surface area contributed by atoms with Crippen LogP contribution in [0.25, 0.3) is 11.3 Å². The van der Waals surface area contributed by atoms with E-state index in [-0.39, 0.29) is 23.1 Å². The second-order valence-corrected chi connectivity index (χ2v) is 6.90. The number of hydrogen-bond acceptors (Lipinski definition) is 6. The molecule has 11 heteroatoms. The summed E-state index contributed by atoms with van der Waals surface area (Å²) in [6, 6.07) is 3.75. The number of aromatic nitrogens is 2. The predicted octanol–water partition coefficient (Wildman–Crippen LogP) is 3.25. The fourth-order valence-electron chi connectivity index (χ4n) is 3.51. The third-order valence-corrected chi connectivity index (χ3v) is 4.74. The van der Waals surface area contributed by atoms with Crippen molar-refractivity contribution in [2.45, 2.75) is 25.2 Å². The van der Waals surface area contributed by atoms with Crippen LogP contribution in [0.4, 0.5) is 34.0 Å². The molecule has 2 aromatic rings. The van der Waals surface area contributed by atoms with Gasteiger partial charge in [0.15, 0.2) is 0 Å². The zero-order valence-electron chi connectivity index (χ0n) is 15.3. The first-order valence-electron chi connectivity index (χ1n) is 8.92. The number of hydrogen-bond donors (Lipinski definition) is 2. The minimum atomic E-state index is -4.87. The Bertz CT molecular complexity index is 952. The van der Waals surface area contributed by atoms with Gasteiger partial charge in [-0.05, 0) is 13.0 Å². The number of cyclic esters (lactones) is 1. The van der Waals surface area contributed by atoms with E-state index in [0.29, 0.717) is 25.5 Å². The minimum absolute atomic E-state index is 0.00108. The number of ether oxygens (including phenoxy) is 1. The summed E-state index contributed by atoms with van der Waals surface area (Å²) in [5.41, 5.74) is -0.419. The van der Waals surface area contributed by atoms with Crippen LogP contribution in [0.3, 0.4) is 0 Å². The number of nitrogens with zero attached hydrogens (tertiary/aromatic N) is 3. The van der Waals surface area contributed by atoms with Crippen molar-refractivity contribution in [3.8, 4) is 11.3 Å². The van der Waals surface area contributed by atoms with Gasteiger partial charge in [0.1, 0.15) is 17.5 Å². The number of carbonyl (C=O) groups is 1. The average Bonchev–Trinajstić information content (AvgIpc) is 2.65. The van der Waals surface area contributed by atoms with Gasteiger partial charge in [-0.15, -0.1) is 0 Å². The molecule has 29 heavy (non-hydrogen) atoms. The van der Waals surface area contributed by atoms with Crippen molar-refractivity contribution >= 4 is 17.7 Å². The second-order valence-electron chi connectivity index (χ2n) is 6.90. The van der Waals surface area contributed by atoms with Crippen molar-refractivity contribution in [1.29, 1.82) is 0 Å². The first-order chi connectivity index (χ1) is 13.7. The van der Waals surface area contributed by atoms with E-state index in [4.69, 9.17) is 0 Å². The first kappa shape index (κ1) is 19.4. The fourth-order valence-corrected chi connectivity index (χ4v) is 3.51. The summed E-state index contributed by atoms with van der Waals surface area (Å²) in [5, 5.41) is 5.41. The summed E-state index contributed by atoms with van der Waals surface area (Å²) in [4.78, 5) is 21.6. The van der Waals surface area contributed by atoms with Crippen molar-refractivity contribution in [2.75, 3.05) is 29.9 Å². The lowest BCUT2D eigenvalue weighted by Gasteiger charge is -2.33. The Morgan fingerprint density at radius 2 is 2.10 bits per heavy atom. The Hall–Kier alpha value is -2.95. The maximum Gasteiger partial charge on any atom is 0.430 e. The number of rotatable bonds is 2. The molecule has 4 rings (SSSR count). The highest BCUT2D eigenvalue weighted by Crippen LogP contribution is 2.45. The van der Waals surface area contributed by atoms with Crippen molar-refractivity contribution in [1.82, 2.24) is 15.3 Å². The van der Waals surface area contributed by atoms with E-state index in [1.807, 2.05) is 11.8 Å². The van der Waals surface area contributed by atoms with Gasteiger partial charge in [-0.1, -0.05) is 0 Å². The van der Waals surface area contributed by atoms with Crippen molar-refractivity contribution in [3.63, 3.8) is 0 Å². The van der Waals surface area contributed by atoms with Gasteiger partial charge in [-0.25, -0.2) is 19.2 Å². The van der Waals surface area contributed by atoms with Crippen molar-refractivity contribution < 1.29 is 27.1 Å². The number of alkyl halides is 3. The average molecular weight is 411 g/mol. The van der Waals surface area contributed by atoms with Gasteiger partial charge in [0.05, 0.1) is 11.3 Å². The zero-order chi connectivity index (χ0) is 20.8. The van der Waals surface area contributed by atoms with Gasteiger partial charge < -0.3 is 15.0 Å². The summed E-state index contributed by atoms with van der Waals surface area (Å²) < 4.78 is 59.5. The number of piperazine rings is 1. The Morgan fingerprint density at radius 1 is 1.31 bits per heavy atom. The monoisotopic (exact) mass is 411 g/mol. The summed E-state index contributed by atoms with van der Waals surface area (Å²) in [6.07, 6.45) is -7.42. The topological polar surface area (TPSA) is 79.4 Å². The fraction of sp³-hybridized carbons (Fsp3) is 0.389. The van der Waals surface area contributed by atoms with Gasteiger partial charge in [-0.2, -0.15) is 13.2 Å². The number of halogens is 4. The smallest absolute Gasteiger partial charge is 0.430 e. The van der Waals surface area contributed by atoms with Crippen LogP contribution in [0.2, 0.25) is 0 Å². The van der Waals surface area contributed by atoms with Crippen molar-refractivity contribution in [2.24, 2.45) is 0 Å². The van der Waals surface area contributed by atoms with Crippen LogP contribution < -0.4 is 15.5 Å². The zero-order valence-corrected chi connectivity index (χ0v) is 15.3. The number of pyridine rings is 2. The van der Waals surface area contributed by atoms with Gasteiger partial charge >= 0.3 is 12.3 Å². The summed E-state index contributed by atoms with van der Waals surface area (Å²) in [5.74, 6) is -0.598. The lowest BCUT2D eigenvalue weighted by atomic mass is 9.99. The van der Waals surface area contributed by atoms with Crippen LogP contribution >= 0.6 is 0 Å². The molecule has 0 spiro atoms. The summed E-state index contributed by atoms with van der Waals surface area (Å²) >= 11 is 0. The van der Waals surface area contributed by atoms with E-state index in [1.165, 1.54) is 18.3 Å². The largest absolute Gasteiger partial charge is 0.431 e. The van der Waals surface area contributed by atoms with Crippen LogP contribution in [-0.2, 0) is 4.74 Å². The van der Waals surface area contributed by atoms with Gasteiger partial charge in [0.25, 0.3) is 0 Å². The molecule has 2 N–H and O–H groups in total. The van der Waals surface area contributed by atoms with Crippen LogP contribution in [0, 0.1) is 5.82 Å². The first-order valence-corrected chi connectivity index (χ1v) is 8.92. The summed E-state index contributed by atoms with van der Waals surface area (Å²) in [7, 11) is 0. The van der Waals surface area contributed by atoms with Gasteiger partial charge in [0, 0.05) is 49.6 Å². The predicted molar refractivity (Wildman–Crippen MR) is 96.0 cm³/mol. The Balaban J connectivity index is 1.82. The molecule has 2 aliphatic rings. The molecule has 2 aliphatic heterocycles. The molecule has 2 aromatic heterocycles. The molecule has 0 radical (unpaired) electrons. The number of nitrogens with one attached hydrogen (secondary N) is 2. The normalized spacial score (nSPS) is 22.0. The third kappa shape index (κ3) is 3.82. The Labute approximate surface area is 163 Å². The Kier molecular flexibility index (Phi) is 4.77. The molecule has 0 aliphatic carbocycles. The minimum Gasteiger partial charge on any atom is -0.431 e. The number of amides is 1. The van der Waals surface area contributed by atoms with Crippen LogP contribution in [0.15, 0.2) is 24.4 Å². The van der Waals surface area contributed by atoms with E-state index in [9.17, 15) is 22.4 Å². The number of carbonyl (C=O) groups excluding carboxylic acids is 1. The molecule has 2 atom stereocenters. The molecule has 1 fully saturated rings. The quantitative estimate of drug-likeness (QED) is 0.739. The highest BCUT2D eigenvalue weighted by Gasteiger charge is 2.49. The van der Waals surface area contributed by atoms with Crippen molar-refractivity contribution in [3.05, 3.63) is 35.8 Å². The van der Waals surface area contributed by atoms with E-state index in [0.717, 1.165) is 6.07 Å². The maximum absolute atomic E-state index is 14.4. The van der Waals surface area contributed by atoms with Crippen LogP contribution in [0.1, 0.15) is 18.6 Å². The van der Waals surface area contributed by atoms with Gasteiger partial charge in [0.2, 0.25) is 6.10 Å². The molecule has 7 nitrogen and oxygen atoms in total. The SMILES string of the molecule is C[C@H]1CN(c2cc(F)cc(-c3ccnc4c3[C@H](C(F)(F)F)OC(=O)N4)n2)CCN1. The highest BCUT2D eigenvalue weighted by atomic mass is 19.4. The lowest BCUT2D eigenvalue weighted by Crippen LogP contribution is -2.49. The lowest BCUT2D eigenvalue weighted by molar-refractivity contribution is -0.206. The molecule has 154 valence electrons. The van der Waals surface area contributed by atoms with Crippen LogP contribution in [-0.4, -0.2) is 47.9 Å². The highest BCUT2D eigenvalue weighted by molar-refractivity contribution is 5.89. The molecule has 4 heterocycles. The molecule has 1 saturated heterocycles. The van der Waals surface area contributed by atoms with E-state index in [1.54, 1.807) is 0 Å². The number of anilines is 2. The van der Waals surface area contributed by atoms with Gasteiger partial charge in [-0.3, -0.25) is 5.32 Å². The van der Waals surface area contributed by atoms with E-state index in [2.05, 4.69) is 25.3 Å². The number of fused-ring (bicyclic) bond motifs is 1. The Morgan fingerprint density at radius 3 is 2.83 bits per heavy atom. The molecular formula is C18H17F4N5O2. The standard InChI is InChI=1S/C18H17F4N5O2/c1-9-8-27(5-4-23-9)13-7-10(19)6-12(25-13)11-2-3-24-16-14(11)15(18(20,21)22)29-17(28)26-16/h2-3,6-7,9,15,23H,4-5,8H2,1H3,(H,24,26,28)/t9-,15+/m0/s1.